The highest BCUT2D eigenvalue weighted by molar-refractivity contribution is 9.10. The Kier molecular flexibility index (Phi) is 2.78. The smallest absolute Gasteiger partial charge is 0.108 e. The molecule has 0 aromatic carbocycles. The SMILES string of the molecule is CCc1nn(C(C)C)c2cc(Br)ncc12. The van der Waals surface area contributed by atoms with E-state index in [1.54, 1.807) is 0 Å². The lowest BCUT2D eigenvalue weighted by molar-refractivity contribution is 0.544. The molecular formula is C11H14BrN3. The van der Waals surface area contributed by atoms with Crippen LogP contribution in [0.25, 0.3) is 10.9 Å². The summed E-state index contributed by atoms with van der Waals surface area (Å²) in [7, 11) is 0. The topological polar surface area (TPSA) is 30.7 Å². The molecule has 80 valence electrons. The third-order valence-electron chi connectivity index (χ3n) is 2.46. The molecule has 0 N–H and O–H groups in total. The van der Waals surface area contributed by atoms with Crippen molar-refractivity contribution in [3.05, 3.63) is 22.6 Å². The first-order valence-electron chi connectivity index (χ1n) is 5.16. The van der Waals surface area contributed by atoms with Gasteiger partial charge in [0.15, 0.2) is 0 Å². The highest BCUT2D eigenvalue weighted by Gasteiger charge is 2.11. The molecule has 0 fully saturated rings. The minimum Gasteiger partial charge on any atom is -0.262 e. The van der Waals surface area contributed by atoms with E-state index in [4.69, 9.17) is 0 Å². The largest absolute Gasteiger partial charge is 0.262 e. The molecule has 0 aliphatic heterocycles. The number of pyridine rings is 1. The summed E-state index contributed by atoms with van der Waals surface area (Å²) >= 11 is 3.39. The van der Waals surface area contributed by atoms with Crippen molar-refractivity contribution < 1.29 is 0 Å². The van der Waals surface area contributed by atoms with Crippen molar-refractivity contribution >= 4 is 26.8 Å². The fourth-order valence-corrected chi connectivity index (χ4v) is 2.04. The van der Waals surface area contributed by atoms with E-state index >= 15 is 0 Å². The second-order valence-corrected chi connectivity index (χ2v) is 4.68. The average Bonchev–Trinajstić information content (AvgIpc) is 2.55. The second kappa shape index (κ2) is 3.93. The fraction of sp³-hybridized carbons (Fsp3) is 0.455. The summed E-state index contributed by atoms with van der Waals surface area (Å²) in [6.45, 7) is 6.40. The van der Waals surface area contributed by atoms with E-state index in [0.717, 1.165) is 27.6 Å². The van der Waals surface area contributed by atoms with Crippen LogP contribution in [0.15, 0.2) is 16.9 Å². The van der Waals surface area contributed by atoms with Crippen molar-refractivity contribution in [2.24, 2.45) is 0 Å². The number of hydrogen-bond acceptors (Lipinski definition) is 2. The summed E-state index contributed by atoms with van der Waals surface area (Å²) in [4.78, 5) is 4.25. The van der Waals surface area contributed by atoms with Crippen LogP contribution in [0.4, 0.5) is 0 Å². The standard InChI is InChI=1S/C11H14BrN3/c1-4-9-8-6-13-11(12)5-10(8)15(14-9)7(2)3/h5-7H,4H2,1-3H3. The minimum absolute atomic E-state index is 0.377. The molecule has 0 radical (unpaired) electrons. The van der Waals surface area contributed by atoms with Gasteiger partial charge in [-0.25, -0.2) is 4.98 Å². The Morgan fingerprint density at radius 2 is 2.20 bits per heavy atom. The van der Waals surface area contributed by atoms with Gasteiger partial charge in [-0.05, 0) is 42.3 Å². The van der Waals surface area contributed by atoms with Gasteiger partial charge in [0.05, 0.1) is 11.2 Å². The lowest BCUT2D eigenvalue weighted by Crippen LogP contribution is -2.02. The predicted molar refractivity (Wildman–Crippen MR) is 65.0 cm³/mol. The summed E-state index contributed by atoms with van der Waals surface area (Å²) in [6, 6.07) is 2.41. The highest BCUT2D eigenvalue weighted by atomic mass is 79.9. The minimum atomic E-state index is 0.377. The van der Waals surface area contributed by atoms with Crippen LogP contribution in [0.1, 0.15) is 32.5 Å². The monoisotopic (exact) mass is 267 g/mol. The van der Waals surface area contributed by atoms with Crippen molar-refractivity contribution in [1.29, 1.82) is 0 Å². The van der Waals surface area contributed by atoms with Crippen LogP contribution >= 0.6 is 15.9 Å². The molecule has 15 heavy (non-hydrogen) atoms. The maximum absolute atomic E-state index is 4.60. The Hall–Kier alpha value is -0.900. The lowest BCUT2D eigenvalue weighted by Gasteiger charge is -2.06. The number of fused-ring (bicyclic) bond motifs is 1. The number of aryl methyl sites for hydroxylation is 1. The maximum atomic E-state index is 4.60. The van der Waals surface area contributed by atoms with Crippen LogP contribution in [0, 0.1) is 0 Å². The summed E-state index contributed by atoms with van der Waals surface area (Å²) in [5.41, 5.74) is 2.28. The number of nitrogens with zero attached hydrogens (tertiary/aromatic N) is 3. The van der Waals surface area contributed by atoms with Gasteiger partial charge in [0.1, 0.15) is 4.60 Å². The van der Waals surface area contributed by atoms with E-state index in [2.05, 4.69) is 51.5 Å². The number of hydrogen-bond donors (Lipinski definition) is 0. The predicted octanol–water partition coefficient (Wildman–Crippen LogP) is 3.34. The first kappa shape index (κ1) is 10.6. The molecule has 0 spiro atoms. The van der Waals surface area contributed by atoms with Gasteiger partial charge in [0.25, 0.3) is 0 Å². The average molecular weight is 268 g/mol. The van der Waals surface area contributed by atoms with Crippen LogP contribution in [-0.4, -0.2) is 14.8 Å². The zero-order valence-corrected chi connectivity index (χ0v) is 10.7. The molecule has 0 saturated heterocycles. The van der Waals surface area contributed by atoms with Crippen LogP contribution in [0.5, 0.6) is 0 Å². The zero-order valence-electron chi connectivity index (χ0n) is 9.16. The lowest BCUT2D eigenvalue weighted by atomic mass is 10.2. The second-order valence-electron chi connectivity index (χ2n) is 3.86. The number of aromatic nitrogens is 3. The Bertz CT molecular complexity index is 488. The van der Waals surface area contributed by atoms with Gasteiger partial charge < -0.3 is 0 Å². The first-order valence-corrected chi connectivity index (χ1v) is 5.95. The van der Waals surface area contributed by atoms with Gasteiger partial charge in [0, 0.05) is 17.6 Å². The Morgan fingerprint density at radius 3 is 2.80 bits per heavy atom. The van der Waals surface area contributed by atoms with E-state index in [9.17, 15) is 0 Å². The number of halogens is 1. The van der Waals surface area contributed by atoms with Crippen molar-refractivity contribution in [2.75, 3.05) is 0 Å². The molecule has 0 unspecified atom stereocenters. The van der Waals surface area contributed by atoms with Crippen LogP contribution < -0.4 is 0 Å². The molecule has 0 aliphatic rings. The quantitative estimate of drug-likeness (QED) is 0.782. The summed E-state index contributed by atoms with van der Waals surface area (Å²) in [5, 5.41) is 5.77. The van der Waals surface area contributed by atoms with E-state index in [-0.39, 0.29) is 0 Å². The van der Waals surface area contributed by atoms with Crippen LogP contribution in [-0.2, 0) is 6.42 Å². The molecule has 2 aromatic rings. The normalized spacial score (nSPS) is 11.5. The van der Waals surface area contributed by atoms with Crippen LogP contribution in [0.3, 0.4) is 0 Å². The molecule has 0 saturated carbocycles. The third-order valence-corrected chi connectivity index (χ3v) is 2.89. The first-order chi connectivity index (χ1) is 7.13. The van der Waals surface area contributed by atoms with Crippen molar-refractivity contribution in [3.63, 3.8) is 0 Å². The molecule has 0 atom stereocenters. The molecule has 4 heteroatoms. The highest BCUT2D eigenvalue weighted by Crippen LogP contribution is 2.23. The molecule has 2 aromatic heterocycles. The Labute approximate surface area is 97.6 Å². The maximum Gasteiger partial charge on any atom is 0.108 e. The van der Waals surface area contributed by atoms with Crippen LogP contribution in [0.2, 0.25) is 0 Å². The van der Waals surface area contributed by atoms with Gasteiger partial charge in [-0.2, -0.15) is 5.10 Å². The van der Waals surface area contributed by atoms with Gasteiger partial charge >= 0.3 is 0 Å². The Balaban J connectivity index is 2.76. The fourth-order valence-electron chi connectivity index (χ4n) is 1.72. The van der Waals surface area contributed by atoms with E-state index in [0.29, 0.717) is 6.04 Å². The molecule has 2 rings (SSSR count). The summed E-state index contributed by atoms with van der Waals surface area (Å²) < 4.78 is 2.92. The zero-order chi connectivity index (χ0) is 11.0. The van der Waals surface area contributed by atoms with Gasteiger partial charge in [0.2, 0.25) is 0 Å². The molecule has 0 bridgehead atoms. The molecule has 0 amide bonds. The van der Waals surface area contributed by atoms with E-state index in [1.165, 1.54) is 0 Å². The van der Waals surface area contributed by atoms with Gasteiger partial charge in [-0.15, -0.1) is 0 Å². The van der Waals surface area contributed by atoms with E-state index < -0.39 is 0 Å². The number of rotatable bonds is 2. The van der Waals surface area contributed by atoms with Crippen molar-refractivity contribution in [3.8, 4) is 0 Å². The molecule has 3 nitrogen and oxygen atoms in total. The van der Waals surface area contributed by atoms with E-state index in [1.807, 2.05) is 12.3 Å². The Morgan fingerprint density at radius 1 is 1.47 bits per heavy atom. The van der Waals surface area contributed by atoms with Crippen molar-refractivity contribution in [1.82, 2.24) is 14.8 Å². The van der Waals surface area contributed by atoms with Gasteiger partial charge in [-0.3, -0.25) is 4.68 Å². The van der Waals surface area contributed by atoms with Gasteiger partial charge in [-0.1, -0.05) is 6.92 Å². The molecule has 0 aliphatic carbocycles. The molecular weight excluding hydrogens is 254 g/mol. The van der Waals surface area contributed by atoms with Crippen molar-refractivity contribution in [2.45, 2.75) is 33.2 Å². The molecule has 2 heterocycles. The summed E-state index contributed by atoms with van der Waals surface area (Å²) in [6.07, 6.45) is 2.84. The summed E-state index contributed by atoms with van der Waals surface area (Å²) in [5.74, 6) is 0. The third kappa shape index (κ3) is 1.78.